The maximum Gasteiger partial charge on any atom is 0.573 e. The number of hydrogen-bond acceptors (Lipinski definition) is 4. The molecule has 0 bridgehead atoms. The zero-order chi connectivity index (χ0) is 17.6. The highest BCUT2D eigenvalue weighted by molar-refractivity contribution is 5.96. The van der Waals surface area contributed by atoms with E-state index in [1.807, 2.05) is 0 Å². The summed E-state index contributed by atoms with van der Waals surface area (Å²) in [5.74, 6) is -0.592. The van der Waals surface area contributed by atoms with E-state index in [1.165, 1.54) is 24.3 Å². The maximum atomic E-state index is 12.0. The summed E-state index contributed by atoms with van der Waals surface area (Å²) < 4.78 is 45.1. The standard InChI is InChI=1S/C16H14F3NO4/c17-16(18,19)24-12-7-5-11(6-8-12)23-10-9-20-15(22)13-3-1-2-4-14(13)21/h1-8,21H,9-10H2,(H,20,22). The first-order valence-corrected chi connectivity index (χ1v) is 6.90. The van der Waals surface area contributed by atoms with Crippen molar-refractivity contribution >= 4 is 5.91 Å². The Balaban J connectivity index is 1.76. The van der Waals surface area contributed by atoms with E-state index >= 15 is 0 Å². The third kappa shape index (κ3) is 5.38. The molecule has 2 aromatic carbocycles. The van der Waals surface area contributed by atoms with Gasteiger partial charge in [0.05, 0.1) is 12.1 Å². The summed E-state index contributed by atoms with van der Waals surface area (Å²) in [6.07, 6.45) is -4.74. The van der Waals surface area contributed by atoms with Gasteiger partial charge in [-0.15, -0.1) is 13.2 Å². The number of rotatable bonds is 6. The van der Waals surface area contributed by atoms with Gasteiger partial charge in [-0.25, -0.2) is 0 Å². The van der Waals surface area contributed by atoms with Crippen molar-refractivity contribution in [3.63, 3.8) is 0 Å². The smallest absolute Gasteiger partial charge is 0.507 e. The molecule has 0 aliphatic carbocycles. The first kappa shape index (κ1) is 17.5. The molecule has 0 saturated heterocycles. The van der Waals surface area contributed by atoms with Crippen LogP contribution in [0, 0.1) is 0 Å². The van der Waals surface area contributed by atoms with E-state index < -0.39 is 12.3 Å². The van der Waals surface area contributed by atoms with Crippen LogP contribution >= 0.6 is 0 Å². The first-order chi connectivity index (χ1) is 11.3. The Labute approximate surface area is 135 Å². The van der Waals surface area contributed by atoms with Crippen LogP contribution in [0.5, 0.6) is 17.2 Å². The number of ether oxygens (including phenoxy) is 2. The van der Waals surface area contributed by atoms with Crippen LogP contribution < -0.4 is 14.8 Å². The number of amides is 1. The van der Waals surface area contributed by atoms with Crippen LogP contribution in [0.4, 0.5) is 13.2 Å². The quantitative estimate of drug-likeness (QED) is 0.793. The average molecular weight is 341 g/mol. The number of phenolic OH excluding ortho intramolecular Hbond substituents is 1. The number of carbonyl (C=O) groups is 1. The lowest BCUT2D eigenvalue weighted by molar-refractivity contribution is -0.274. The molecule has 0 aliphatic heterocycles. The Bertz CT molecular complexity index is 686. The third-order valence-corrected chi connectivity index (χ3v) is 2.86. The van der Waals surface area contributed by atoms with E-state index in [0.717, 1.165) is 12.1 Å². The molecule has 0 fully saturated rings. The highest BCUT2D eigenvalue weighted by Gasteiger charge is 2.30. The summed E-state index contributed by atoms with van der Waals surface area (Å²) in [6, 6.07) is 11.0. The lowest BCUT2D eigenvalue weighted by Gasteiger charge is -2.10. The van der Waals surface area contributed by atoms with Crippen molar-refractivity contribution < 1.29 is 32.5 Å². The average Bonchev–Trinajstić information content (AvgIpc) is 2.52. The van der Waals surface area contributed by atoms with Crippen molar-refractivity contribution in [2.24, 2.45) is 0 Å². The van der Waals surface area contributed by atoms with Crippen molar-refractivity contribution in [1.82, 2.24) is 5.32 Å². The van der Waals surface area contributed by atoms with Crippen molar-refractivity contribution in [1.29, 1.82) is 0 Å². The Morgan fingerprint density at radius 3 is 2.29 bits per heavy atom. The second-order valence-electron chi connectivity index (χ2n) is 4.64. The normalized spacial score (nSPS) is 11.0. The van der Waals surface area contributed by atoms with Gasteiger partial charge in [0, 0.05) is 0 Å². The molecule has 128 valence electrons. The van der Waals surface area contributed by atoms with E-state index in [2.05, 4.69) is 10.1 Å². The highest BCUT2D eigenvalue weighted by atomic mass is 19.4. The van der Waals surface area contributed by atoms with Gasteiger partial charge in [-0.05, 0) is 36.4 Å². The Morgan fingerprint density at radius 2 is 1.67 bits per heavy atom. The highest BCUT2D eigenvalue weighted by Crippen LogP contribution is 2.24. The Kier molecular flexibility index (Phi) is 5.51. The summed E-state index contributed by atoms with van der Waals surface area (Å²) in [7, 11) is 0. The van der Waals surface area contributed by atoms with Crippen LogP contribution in [-0.4, -0.2) is 30.5 Å². The molecule has 0 atom stereocenters. The second-order valence-corrected chi connectivity index (χ2v) is 4.64. The van der Waals surface area contributed by atoms with E-state index in [9.17, 15) is 23.1 Å². The topological polar surface area (TPSA) is 67.8 Å². The zero-order valence-electron chi connectivity index (χ0n) is 12.3. The minimum absolute atomic E-state index is 0.110. The third-order valence-electron chi connectivity index (χ3n) is 2.86. The number of phenols is 1. The molecular weight excluding hydrogens is 327 g/mol. The predicted molar refractivity (Wildman–Crippen MR) is 79.1 cm³/mol. The summed E-state index contributed by atoms with van der Waals surface area (Å²) >= 11 is 0. The molecular formula is C16H14F3NO4. The van der Waals surface area contributed by atoms with Crippen LogP contribution in [0.25, 0.3) is 0 Å². The van der Waals surface area contributed by atoms with Crippen molar-refractivity contribution in [3.05, 3.63) is 54.1 Å². The van der Waals surface area contributed by atoms with Crippen LogP contribution in [0.3, 0.4) is 0 Å². The van der Waals surface area contributed by atoms with Crippen molar-refractivity contribution in [3.8, 4) is 17.2 Å². The molecule has 0 radical (unpaired) electrons. The SMILES string of the molecule is O=C(NCCOc1ccc(OC(F)(F)F)cc1)c1ccccc1O. The van der Waals surface area contributed by atoms with Gasteiger partial charge in [-0.1, -0.05) is 12.1 Å². The summed E-state index contributed by atoms with van der Waals surface area (Å²) in [4.78, 5) is 11.8. The van der Waals surface area contributed by atoms with Crippen LogP contribution in [0.2, 0.25) is 0 Å². The van der Waals surface area contributed by atoms with Gasteiger partial charge in [0.2, 0.25) is 0 Å². The van der Waals surface area contributed by atoms with E-state index in [-0.39, 0.29) is 30.2 Å². The maximum absolute atomic E-state index is 12.0. The van der Waals surface area contributed by atoms with E-state index in [0.29, 0.717) is 5.75 Å². The number of benzene rings is 2. The molecule has 0 unspecified atom stereocenters. The molecule has 0 heterocycles. The molecule has 2 N–H and O–H groups in total. The minimum Gasteiger partial charge on any atom is -0.507 e. The number of aromatic hydroxyl groups is 1. The first-order valence-electron chi connectivity index (χ1n) is 6.90. The van der Waals surface area contributed by atoms with Crippen molar-refractivity contribution in [2.45, 2.75) is 6.36 Å². The lowest BCUT2D eigenvalue weighted by Crippen LogP contribution is -2.28. The van der Waals surface area contributed by atoms with Crippen LogP contribution in [-0.2, 0) is 0 Å². The van der Waals surface area contributed by atoms with Gasteiger partial charge in [-0.2, -0.15) is 0 Å². The predicted octanol–water partition coefficient (Wildman–Crippen LogP) is 3.10. The summed E-state index contributed by atoms with van der Waals surface area (Å²) in [6.45, 7) is 0.271. The van der Waals surface area contributed by atoms with Gasteiger partial charge >= 0.3 is 6.36 Å². The van der Waals surface area contributed by atoms with Gasteiger partial charge in [0.1, 0.15) is 23.9 Å². The monoisotopic (exact) mass is 341 g/mol. The fourth-order valence-corrected chi connectivity index (χ4v) is 1.83. The van der Waals surface area contributed by atoms with Gasteiger partial charge in [0.15, 0.2) is 0 Å². The fraction of sp³-hybridized carbons (Fsp3) is 0.188. The molecule has 0 aromatic heterocycles. The molecule has 0 spiro atoms. The number of para-hydroxylation sites is 1. The minimum atomic E-state index is -4.74. The Hall–Kier alpha value is -2.90. The summed E-state index contributed by atoms with van der Waals surface area (Å²) in [5.41, 5.74) is 0.145. The molecule has 2 aromatic rings. The van der Waals surface area contributed by atoms with Gasteiger partial charge < -0.3 is 19.9 Å². The van der Waals surface area contributed by atoms with Crippen LogP contribution in [0.15, 0.2) is 48.5 Å². The Morgan fingerprint density at radius 1 is 1.04 bits per heavy atom. The number of nitrogens with one attached hydrogen (secondary N) is 1. The lowest BCUT2D eigenvalue weighted by atomic mass is 10.2. The van der Waals surface area contributed by atoms with Crippen molar-refractivity contribution in [2.75, 3.05) is 13.2 Å². The molecule has 0 aliphatic rings. The number of carbonyl (C=O) groups excluding carboxylic acids is 1. The second kappa shape index (κ2) is 7.58. The molecule has 0 saturated carbocycles. The van der Waals surface area contributed by atoms with Gasteiger partial charge in [0.25, 0.3) is 5.91 Å². The molecule has 5 nitrogen and oxygen atoms in total. The van der Waals surface area contributed by atoms with E-state index in [1.54, 1.807) is 12.1 Å². The molecule has 2 rings (SSSR count). The van der Waals surface area contributed by atoms with E-state index in [4.69, 9.17) is 4.74 Å². The summed E-state index contributed by atoms with van der Waals surface area (Å²) in [5, 5.41) is 12.1. The van der Waals surface area contributed by atoms with Gasteiger partial charge in [-0.3, -0.25) is 4.79 Å². The number of alkyl halides is 3. The number of hydrogen-bond donors (Lipinski definition) is 2. The van der Waals surface area contributed by atoms with Crippen LogP contribution in [0.1, 0.15) is 10.4 Å². The molecule has 1 amide bonds. The zero-order valence-corrected chi connectivity index (χ0v) is 12.3. The fourth-order valence-electron chi connectivity index (χ4n) is 1.83. The molecule has 24 heavy (non-hydrogen) atoms. The molecule has 8 heteroatoms. The number of halogens is 3. The largest absolute Gasteiger partial charge is 0.573 e.